The third-order valence-electron chi connectivity index (χ3n) is 3.76. The lowest BCUT2D eigenvalue weighted by molar-refractivity contribution is 0.0707. The smallest absolute Gasteiger partial charge is 0.273 e. The molecule has 1 aromatic heterocycles. The van der Waals surface area contributed by atoms with Crippen LogP contribution in [-0.4, -0.2) is 34.8 Å². The van der Waals surface area contributed by atoms with Crippen LogP contribution in [-0.2, 0) is 6.54 Å². The number of hydrogen-bond acceptors (Lipinski definition) is 4. The number of benzene rings is 1. The number of aromatic nitrogens is 1. The lowest BCUT2D eigenvalue weighted by Gasteiger charge is -2.23. The quantitative estimate of drug-likeness (QED) is 0.737. The van der Waals surface area contributed by atoms with Crippen LogP contribution in [0.4, 0.5) is 0 Å². The fraction of sp³-hybridized carbons (Fsp3) is 0.450. The molecule has 0 bridgehead atoms. The molecule has 1 heterocycles. The second-order valence-corrected chi connectivity index (χ2v) is 7.70. The highest BCUT2D eigenvalue weighted by Gasteiger charge is 2.22. The summed E-state index contributed by atoms with van der Waals surface area (Å²) in [6.45, 7) is 9.31. The maximum absolute atomic E-state index is 12.9. The Morgan fingerprint density at radius 1 is 1.19 bits per heavy atom. The second-order valence-electron chi connectivity index (χ2n) is 7.29. The number of amides is 2. The first kappa shape index (κ1) is 21.0. The lowest BCUT2D eigenvalue weighted by Crippen LogP contribution is -2.34. The molecule has 0 radical (unpaired) electrons. The molecule has 1 N–H and O–H groups in total. The summed E-state index contributed by atoms with van der Waals surface area (Å²) in [5.74, 6) is 0.422. The molecule has 7 heteroatoms. The molecule has 27 heavy (non-hydrogen) atoms. The molecule has 0 aliphatic carbocycles. The van der Waals surface area contributed by atoms with Crippen molar-refractivity contribution >= 4 is 23.4 Å². The molecule has 0 saturated heterocycles. The Balaban J connectivity index is 2.14. The second kappa shape index (κ2) is 9.55. The summed E-state index contributed by atoms with van der Waals surface area (Å²) in [7, 11) is 0. The van der Waals surface area contributed by atoms with Crippen molar-refractivity contribution in [2.75, 3.05) is 13.1 Å². The Hall–Kier alpha value is -2.34. The highest BCUT2D eigenvalue weighted by Crippen LogP contribution is 2.19. The maximum atomic E-state index is 12.9. The van der Waals surface area contributed by atoms with Crippen LogP contribution in [0.2, 0.25) is 5.02 Å². The molecule has 0 saturated carbocycles. The van der Waals surface area contributed by atoms with Crippen molar-refractivity contribution in [3.8, 4) is 0 Å². The van der Waals surface area contributed by atoms with Crippen molar-refractivity contribution < 1.29 is 14.0 Å². The number of oxazole rings is 1. The van der Waals surface area contributed by atoms with E-state index >= 15 is 0 Å². The number of rotatable bonds is 8. The molecule has 6 nitrogen and oxygen atoms in total. The van der Waals surface area contributed by atoms with Crippen LogP contribution in [0.1, 0.15) is 54.4 Å². The van der Waals surface area contributed by atoms with E-state index in [2.05, 4.69) is 10.3 Å². The summed E-state index contributed by atoms with van der Waals surface area (Å²) in [6, 6.07) is 6.93. The van der Waals surface area contributed by atoms with Gasteiger partial charge in [-0.3, -0.25) is 9.59 Å². The van der Waals surface area contributed by atoms with E-state index in [1.54, 1.807) is 29.2 Å². The molecule has 146 valence electrons. The standard InChI is InChI=1S/C20H26ClN3O3/c1-13(2)9-22-19(25)17-12-27-18(23-17)11-24(10-14(3)4)20(26)15-7-5-6-8-16(15)21/h5-8,12-14H,9-11H2,1-4H3,(H,22,25). The Morgan fingerprint density at radius 2 is 1.89 bits per heavy atom. The molecule has 2 amide bonds. The van der Waals surface area contributed by atoms with Crippen molar-refractivity contribution in [3.05, 3.63) is 52.7 Å². The zero-order chi connectivity index (χ0) is 20.0. The number of nitrogens with zero attached hydrogens (tertiary/aromatic N) is 2. The average molecular weight is 392 g/mol. The Kier molecular flexibility index (Phi) is 7.42. The molecule has 0 unspecified atom stereocenters. The molecule has 0 atom stereocenters. The molecular formula is C20H26ClN3O3. The molecule has 0 fully saturated rings. The van der Waals surface area contributed by atoms with Gasteiger partial charge in [-0.2, -0.15) is 0 Å². The summed E-state index contributed by atoms with van der Waals surface area (Å²) in [4.78, 5) is 30.9. The van der Waals surface area contributed by atoms with Crippen LogP contribution in [0, 0.1) is 11.8 Å². The van der Waals surface area contributed by atoms with Crippen LogP contribution < -0.4 is 5.32 Å². The van der Waals surface area contributed by atoms with Gasteiger partial charge in [0.2, 0.25) is 5.89 Å². The van der Waals surface area contributed by atoms with Crippen LogP contribution >= 0.6 is 11.6 Å². The van der Waals surface area contributed by atoms with E-state index in [9.17, 15) is 9.59 Å². The predicted octanol–water partition coefficient (Wildman–Crippen LogP) is 4.01. The van der Waals surface area contributed by atoms with Gasteiger partial charge in [-0.25, -0.2) is 4.98 Å². The first-order valence-corrected chi connectivity index (χ1v) is 9.42. The van der Waals surface area contributed by atoms with Crippen LogP contribution in [0.15, 0.2) is 34.9 Å². The average Bonchev–Trinajstić information content (AvgIpc) is 3.07. The van der Waals surface area contributed by atoms with Crippen molar-refractivity contribution in [2.24, 2.45) is 11.8 Å². The molecule has 2 rings (SSSR count). The van der Waals surface area contributed by atoms with Crippen molar-refractivity contribution in [1.29, 1.82) is 0 Å². The van der Waals surface area contributed by atoms with Crippen molar-refractivity contribution in [3.63, 3.8) is 0 Å². The maximum Gasteiger partial charge on any atom is 0.273 e. The minimum Gasteiger partial charge on any atom is -0.446 e. The third-order valence-corrected chi connectivity index (χ3v) is 4.09. The molecule has 0 spiro atoms. The summed E-state index contributed by atoms with van der Waals surface area (Å²) < 4.78 is 5.42. The zero-order valence-electron chi connectivity index (χ0n) is 16.2. The molecule has 0 aliphatic rings. The van der Waals surface area contributed by atoms with E-state index in [0.717, 1.165) is 0 Å². The molecule has 0 aliphatic heterocycles. The summed E-state index contributed by atoms with van der Waals surface area (Å²) >= 11 is 6.17. The highest BCUT2D eigenvalue weighted by atomic mass is 35.5. The van der Waals surface area contributed by atoms with Gasteiger partial charge < -0.3 is 14.6 Å². The topological polar surface area (TPSA) is 75.4 Å². The van der Waals surface area contributed by atoms with Gasteiger partial charge in [-0.1, -0.05) is 51.4 Å². The van der Waals surface area contributed by atoms with E-state index in [-0.39, 0.29) is 30.0 Å². The Bertz CT molecular complexity index is 786. The van der Waals surface area contributed by atoms with Crippen LogP contribution in [0.25, 0.3) is 0 Å². The van der Waals surface area contributed by atoms with Gasteiger partial charge in [0.25, 0.3) is 11.8 Å². The highest BCUT2D eigenvalue weighted by molar-refractivity contribution is 6.33. The van der Waals surface area contributed by atoms with E-state index in [1.807, 2.05) is 27.7 Å². The Labute approximate surface area is 164 Å². The number of nitrogens with one attached hydrogen (secondary N) is 1. The van der Waals surface area contributed by atoms with E-state index in [1.165, 1.54) is 6.26 Å². The number of halogens is 1. The van der Waals surface area contributed by atoms with Gasteiger partial charge in [0, 0.05) is 13.1 Å². The van der Waals surface area contributed by atoms with Crippen molar-refractivity contribution in [1.82, 2.24) is 15.2 Å². The van der Waals surface area contributed by atoms with Gasteiger partial charge in [-0.15, -0.1) is 0 Å². The zero-order valence-corrected chi connectivity index (χ0v) is 16.9. The molecular weight excluding hydrogens is 366 g/mol. The van der Waals surface area contributed by atoms with Gasteiger partial charge in [-0.05, 0) is 24.0 Å². The van der Waals surface area contributed by atoms with Gasteiger partial charge in [0.05, 0.1) is 17.1 Å². The first-order chi connectivity index (χ1) is 12.8. The minimum absolute atomic E-state index is 0.166. The first-order valence-electron chi connectivity index (χ1n) is 9.04. The van der Waals surface area contributed by atoms with Gasteiger partial charge >= 0.3 is 0 Å². The summed E-state index contributed by atoms with van der Waals surface area (Å²) in [5, 5.41) is 3.19. The summed E-state index contributed by atoms with van der Waals surface area (Å²) in [5.41, 5.74) is 0.640. The fourth-order valence-electron chi connectivity index (χ4n) is 2.50. The summed E-state index contributed by atoms with van der Waals surface area (Å²) in [6.07, 6.45) is 1.32. The van der Waals surface area contributed by atoms with E-state index < -0.39 is 0 Å². The normalized spacial score (nSPS) is 11.1. The minimum atomic E-state index is -0.286. The Morgan fingerprint density at radius 3 is 2.52 bits per heavy atom. The van der Waals surface area contributed by atoms with Crippen molar-refractivity contribution in [2.45, 2.75) is 34.2 Å². The lowest BCUT2D eigenvalue weighted by atomic mass is 10.1. The van der Waals surface area contributed by atoms with E-state index in [0.29, 0.717) is 35.5 Å². The van der Waals surface area contributed by atoms with Crippen LogP contribution in [0.5, 0.6) is 0 Å². The van der Waals surface area contributed by atoms with E-state index in [4.69, 9.17) is 16.0 Å². The monoisotopic (exact) mass is 391 g/mol. The SMILES string of the molecule is CC(C)CNC(=O)c1coc(CN(CC(C)C)C(=O)c2ccccc2Cl)n1. The third kappa shape index (κ3) is 6.10. The fourth-order valence-corrected chi connectivity index (χ4v) is 2.72. The number of carbonyl (C=O) groups is 2. The largest absolute Gasteiger partial charge is 0.446 e. The molecule has 1 aromatic carbocycles. The van der Waals surface area contributed by atoms with Crippen LogP contribution in [0.3, 0.4) is 0 Å². The number of carbonyl (C=O) groups excluding carboxylic acids is 2. The predicted molar refractivity (Wildman–Crippen MR) is 105 cm³/mol. The number of hydrogen-bond donors (Lipinski definition) is 1. The van der Waals surface area contributed by atoms with Gasteiger partial charge in [0.1, 0.15) is 6.26 Å². The van der Waals surface area contributed by atoms with Gasteiger partial charge in [0.15, 0.2) is 5.69 Å². The molecule has 2 aromatic rings.